The van der Waals surface area contributed by atoms with Gasteiger partial charge in [-0.25, -0.2) is 4.39 Å². The highest BCUT2D eigenvalue weighted by Gasteiger charge is 2.29. The summed E-state index contributed by atoms with van der Waals surface area (Å²) >= 11 is 0. The van der Waals surface area contributed by atoms with Crippen LogP contribution in [0.1, 0.15) is 28.9 Å². The molecule has 0 spiro atoms. The summed E-state index contributed by atoms with van der Waals surface area (Å²) in [5.74, 6) is -0.559. The average molecular weight is 393 g/mol. The second kappa shape index (κ2) is 8.47. The van der Waals surface area contributed by atoms with Crippen molar-refractivity contribution in [1.82, 2.24) is 15.2 Å². The summed E-state index contributed by atoms with van der Waals surface area (Å²) < 4.78 is 13.0. The van der Waals surface area contributed by atoms with Crippen LogP contribution in [0.2, 0.25) is 0 Å². The molecule has 150 valence electrons. The third kappa shape index (κ3) is 4.47. The van der Waals surface area contributed by atoms with Crippen LogP contribution in [0, 0.1) is 11.7 Å². The van der Waals surface area contributed by atoms with Gasteiger partial charge in [0, 0.05) is 30.5 Å². The molecule has 0 aliphatic carbocycles. The molecule has 1 aliphatic rings. The molecule has 0 saturated carbocycles. The number of nitrogens with zero attached hydrogens (tertiary/aromatic N) is 1. The van der Waals surface area contributed by atoms with Crippen LogP contribution in [0.3, 0.4) is 0 Å². The maximum Gasteiger partial charge on any atom is 0.270 e. The van der Waals surface area contributed by atoms with Crippen LogP contribution >= 0.6 is 0 Å². The van der Waals surface area contributed by atoms with E-state index < -0.39 is 0 Å². The molecular weight excluding hydrogens is 369 g/mol. The van der Waals surface area contributed by atoms with Gasteiger partial charge in [0.1, 0.15) is 11.5 Å². The van der Waals surface area contributed by atoms with Gasteiger partial charge in [-0.05, 0) is 49.1 Å². The molecule has 2 aromatic carbocycles. The Morgan fingerprint density at radius 2 is 1.93 bits per heavy atom. The third-order valence-corrected chi connectivity index (χ3v) is 5.47. The molecule has 2 amide bonds. The molecule has 5 nitrogen and oxygen atoms in total. The predicted molar refractivity (Wildman–Crippen MR) is 110 cm³/mol. The SMILES string of the molecule is O=C(NCCc1ccc(F)cc1)[C@@H]1CCCN(C(=O)c2cc3ccccc3[nH]2)C1. The second-order valence-corrected chi connectivity index (χ2v) is 7.53. The Morgan fingerprint density at radius 3 is 2.72 bits per heavy atom. The van der Waals surface area contributed by atoms with Crippen molar-refractivity contribution < 1.29 is 14.0 Å². The summed E-state index contributed by atoms with van der Waals surface area (Å²) in [6.45, 7) is 1.58. The van der Waals surface area contributed by atoms with Crippen LogP contribution in [-0.2, 0) is 11.2 Å². The van der Waals surface area contributed by atoms with Crippen molar-refractivity contribution in [2.45, 2.75) is 19.3 Å². The predicted octanol–water partition coefficient (Wildman–Crippen LogP) is 3.52. The summed E-state index contributed by atoms with van der Waals surface area (Å²) in [5, 5.41) is 3.96. The van der Waals surface area contributed by atoms with Gasteiger partial charge in [-0.1, -0.05) is 30.3 Å². The van der Waals surface area contributed by atoms with Gasteiger partial charge in [0.25, 0.3) is 5.91 Å². The second-order valence-electron chi connectivity index (χ2n) is 7.53. The number of rotatable bonds is 5. The van der Waals surface area contributed by atoms with E-state index in [1.54, 1.807) is 17.0 Å². The fourth-order valence-electron chi connectivity index (χ4n) is 3.86. The van der Waals surface area contributed by atoms with E-state index in [9.17, 15) is 14.0 Å². The molecule has 2 heterocycles. The summed E-state index contributed by atoms with van der Waals surface area (Å²) in [6, 6.07) is 15.9. The number of para-hydroxylation sites is 1. The largest absolute Gasteiger partial charge is 0.355 e. The lowest BCUT2D eigenvalue weighted by atomic mass is 9.96. The molecule has 6 heteroatoms. The highest BCUT2D eigenvalue weighted by atomic mass is 19.1. The van der Waals surface area contributed by atoms with Crippen molar-refractivity contribution >= 4 is 22.7 Å². The fourth-order valence-corrected chi connectivity index (χ4v) is 3.86. The van der Waals surface area contributed by atoms with Crippen molar-refractivity contribution in [2.75, 3.05) is 19.6 Å². The van der Waals surface area contributed by atoms with Crippen molar-refractivity contribution in [3.63, 3.8) is 0 Å². The zero-order valence-corrected chi connectivity index (χ0v) is 16.2. The number of aromatic amines is 1. The first kappa shape index (κ1) is 19.2. The molecule has 1 atom stereocenters. The number of amides is 2. The van der Waals surface area contributed by atoms with E-state index in [2.05, 4.69) is 10.3 Å². The summed E-state index contributed by atoms with van der Waals surface area (Å²) in [7, 11) is 0. The number of piperidine rings is 1. The Kier molecular flexibility index (Phi) is 5.60. The number of likely N-dealkylation sites (tertiary alicyclic amines) is 1. The van der Waals surface area contributed by atoms with Gasteiger partial charge in [-0.2, -0.15) is 0 Å². The lowest BCUT2D eigenvalue weighted by molar-refractivity contribution is -0.126. The normalized spacial score (nSPS) is 16.7. The first-order valence-electron chi connectivity index (χ1n) is 9.99. The van der Waals surface area contributed by atoms with Gasteiger partial charge in [-0.15, -0.1) is 0 Å². The number of aromatic nitrogens is 1. The Morgan fingerprint density at radius 1 is 1.14 bits per heavy atom. The molecule has 1 saturated heterocycles. The number of nitrogens with one attached hydrogen (secondary N) is 2. The number of hydrogen-bond acceptors (Lipinski definition) is 2. The summed E-state index contributed by atoms with van der Waals surface area (Å²) in [4.78, 5) is 30.4. The van der Waals surface area contributed by atoms with E-state index in [0.29, 0.717) is 31.7 Å². The number of halogens is 1. The van der Waals surface area contributed by atoms with E-state index in [1.807, 2.05) is 30.3 Å². The number of carbonyl (C=O) groups is 2. The minimum atomic E-state index is -0.264. The topological polar surface area (TPSA) is 65.2 Å². The van der Waals surface area contributed by atoms with E-state index in [4.69, 9.17) is 0 Å². The van der Waals surface area contributed by atoms with Crippen LogP contribution in [0.15, 0.2) is 54.6 Å². The standard InChI is InChI=1S/C23H24FN3O2/c24-19-9-7-16(8-10-19)11-12-25-22(28)18-5-3-13-27(15-18)23(29)21-14-17-4-1-2-6-20(17)26-21/h1-2,4,6-10,14,18,26H,3,5,11-13,15H2,(H,25,28)/t18-/m1/s1. The molecule has 2 N–H and O–H groups in total. The van der Waals surface area contributed by atoms with Gasteiger partial charge >= 0.3 is 0 Å². The highest BCUT2D eigenvalue weighted by molar-refractivity contribution is 5.98. The molecule has 0 bridgehead atoms. The Labute approximate surface area is 168 Å². The van der Waals surface area contributed by atoms with E-state index in [1.165, 1.54) is 12.1 Å². The maximum absolute atomic E-state index is 13.0. The molecule has 29 heavy (non-hydrogen) atoms. The van der Waals surface area contributed by atoms with Crippen LogP contribution in [-0.4, -0.2) is 41.3 Å². The molecule has 1 aromatic heterocycles. The van der Waals surface area contributed by atoms with E-state index in [-0.39, 0.29) is 23.5 Å². The molecule has 1 fully saturated rings. The van der Waals surface area contributed by atoms with Gasteiger partial charge in [0.2, 0.25) is 5.91 Å². The van der Waals surface area contributed by atoms with Gasteiger partial charge < -0.3 is 15.2 Å². The monoisotopic (exact) mass is 393 g/mol. The van der Waals surface area contributed by atoms with Gasteiger partial charge in [-0.3, -0.25) is 9.59 Å². The minimum absolute atomic E-state index is 0.0266. The molecule has 0 unspecified atom stereocenters. The first-order valence-corrected chi connectivity index (χ1v) is 9.99. The average Bonchev–Trinajstić information content (AvgIpc) is 3.19. The van der Waals surface area contributed by atoms with Crippen molar-refractivity contribution in [2.24, 2.45) is 5.92 Å². The number of hydrogen-bond donors (Lipinski definition) is 2. The quantitative estimate of drug-likeness (QED) is 0.697. The lowest BCUT2D eigenvalue weighted by Crippen LogP contribution is -2.45. The Bertz CT molecular complexity index is 979. The van der Waals surface area contributed by atoms with Crippen molar-refractivity contribution in [3.05, 3.63) is 71.7 Å². The first-order chi connectivity index (χ1) is 14.1. The zero-order valence-electron chi connectivity index (χ0n) is 16.2. The third-order valence-electron chi connectivity index (χ3n) is 5.47. The summed E-state index contributed by atoms with van der Waals surface area (Å²) in [6.07, 6.45) is 2.23. The van der Waals surface area contributed by atoms with Crippen LogP contribution < -0.4 is 5.32 Å². The Balaban J connectivity index is 1.32. The summed E-state index contributed by atoms with van der Waals surface area (Å²) in [5.41, 5.74) is 2.47. The zero-order chi connectivity index (χ0) is 20.2. The van der Waals surface area contributed by atoms with Crippen LogP contribution in [0.4, 0.5) is 4.39 Å². The molecule has 0 radical (unpaired) electrons. The van der Waals surface area contributed by atoms with Crippen molar-refractivity contribution in [1.29, 1.82) is 0 Å². The van der Waals surface area contributed by atoms with E-state index >= 15 is 0 Å². The molecular formula is C23H24FN3O2. The lowest BCUT2D eigenvalue weighted by Gasteiger charge is -2.31. The number of carbonyl (C=O) groups excluding carboxylic acids is 2. The van der Waals surface area contributed by atoms with Crippen molar-refractivity contribution in [3.8, 4) is 0 Å². The molecule has 3 aromatic rings. The number of benzene rings is 2. The minimum Gasteiger partial charge on any atom is -0.355 e. The Hall–Kier alpha value is -3.15. The number of H-pyrrole nitrogens is 1. The maximum atomic E-state index is 13.0. The smallest absolute Gasteiger partial charge is 0.270 e. The van der Waals surface area contributed by atoms with Crippen LogP contribution in [0.25, 0.3) is 10.9 Å². The van der Waals surface area contributed by atoms with Crippen LogP contribution in [0.5, 0.6) is 0 Å². The fraction of sp³-hybridized carbons (Fsp3) is 0.304. The van der Waals surface area contributed by atoms with Gasteiger partial charge in [0.15, 0.2) is 0 Å². The number of fused-ring (bicyclic) bond motifs is 1. The molecule has 4 rings (SSSR count). The van der Waals surface area contributed by atoms with E-state index in [0.717, 1.165) is 29.3 Å². The molecule has 1 aliphatic heterocycles. The van der Waals surface area contributed by atoms with Gasteiger partial charge in [0.05, 0.1) is 5.92 Å². The highest BCUT2D eigenvalue weighted by Crippen LogP contribution is 2.21.